The first kappa shape index (κ1) is 13.5. The summed E-state index contributed by atoms with van der Waals surface area (Å²) in [6.45, 7) is 5.15. The number of ether oxygens (including phenoxy) is 2. The number of esters is 1. The lowest BCUT2D eigenvalue weighted by molar-refractivity contribution is -0.144. The predicted octanol–water partition coefficient (Wildman–Crippen LogP) is 3.16. The van der Waals surface area contributed by atoms with Crippen LogP contribution in [0.5, 0.6) is 5.75 Å². The number of hydrogen-bond donors (Lipinski definition) is 1. The van der Waals surface area contributed by atoms with Gasteiger partial charge in [0, 0.05) is 23.6 Å². The molecule has 1 aromatic carbocycles. The van der Waals surface area contributed by atoms with Gasteiger partial charge in [-0.15, -0.1) is 0 Å². The summed E-state index contributed by atoms with van der Waals surface area (Å²) in [6.07, 6.45) is 0.247. The zero-order chi connectivity index (χ0) is 14.2. The monoisotopic (exact) mass is 262 g/mol. The average molecular weight is 262 g/mol. The van der Waals surface area contributed by atoms with Crippen molar-refractivity contribution >= 4 is 11.7 Å². The number of fused-ring (bicyclic) bond motifs is 1. The van der Waals surface area contributed by atoms with E-state index in [-0.39, 0.29) is 11.7 Å². The van der Waals surface area contributed by atoms with Gasteiger partial charge in [0.25, 0.3) is 0 Å². The van der Waals surface area contributed by atoms with E-state index in [4.69, 9.17) is 9.47 Å². The van der Waals surface area contributed by atoms with E-state index in [2.05, 4.69) is 0 Å². The summed E-state index contributed by atoms with van der Waals surface area (Å²) in [5, 5.41) is 10.3. The molecule has 0 fully saturated rings. The molecule has 0 heterocycles. The van der Waals surface area contributed by atoms with Gasteiger partial charge in [0.2, 0.25) is 0 Å². The number of aryl methyl sites for hydroxylation is 1. The van der Waals surface area contributed by atoms with Crippen LogP contribution < -0.4 is 4.74 Å². The second-order valence-electron chi connectivity index (χ2n) is 4.63. The molecule has 19 heavy (non-hydrogen) atoms. The maximum atomic E-state index is 11.2. The minimum absolute atomic E-state index is 0.209. The molecular weight excluding hydrogens is 244 g/mol. The number of aliphatic hydroxyl groups is 1. The lowest BCUT2D eigenvalue weighted by Gasteiger charge is -2.16. The Labute approximate surface area is 112 Å². The molecule has 0 aromatic heterocycles. The van der Waals surface area contributed by atoms with Crippen molar-refractivity contribution in [2.24, 2.45) is 0 Å². The average Bonchev–Trinajstić information content (AvgIpc) is 2.62. The minimum atomic E-state index is -0.520. The van der Waals surface area contributed by atoms with Crippen molar-refractivity contribution in [1.29, 1.82) is 0 Å². The summed E-state index contributed by atoms with van der Waals surface area (Å²) >= 11 is 0. The molecule has 0 radical (unpaired) electrons. The summed E-state index contributed by atoms with van der Waals surface area (Å²) in [4.78, 5) is 11.2. The third kappa shape index (κ3) is 2.18. The van der Waals surface area contributed by atoms with Gasteiger partial charge >= 0.3 is 5.97 Å². The molecule has 0 bridgehead atoms. The van der Waals surface area contributed by atoms with Crippen molar-refractivity contribution in [1.82, 2.24) is 0 Å². The van der Waals surface area contributed by atoms with Crippen LogP contribution in [0, 0.1) is 0 Å². The maximum Gasteiger partial charge on any atom is 0.303 e. The van der Waals surface area contributed by atoms with E-state index in [1.54, 1.807) is 14.0 Å². The molecule has 4 nitrogen and oxygen atoms in total. The summed E-state index contributed by atoms with van der Waals surface area (Å²) in [5.41, 5.74) is 3.21. The highest BCUT2D eigenvalue weighted by molar-refractivity contribution is 5.77. The summed E-state index contributed by atoms with van der Waals surface area (Å²) in [6, 6.07) is 3.72. The molecule has 1 unspecified atom stereocenters. The van der Waals surface area contributed by atoms with E-state index in [0.717, 1.165) is 23.1 Å². The highest BCUT2D eigenvalue weighted by Crippen LogP contribution is 2.44. The Morgan fingerprint density at radius 3 is 2.63 bits per heavy atom. The van der Waals surface area contributed by atoms with Gasteiger partial charge in [-0.3, -0.25) is 4.79 Å². The second-order valence-corrected chi connectivity index (χ2v) is 4.63. The van der Waals surface area contributed by atoms with Gasteiger partial charge in [-0.2, -0.15) is 0 Å². The molecule has 0 saturated carbocycles. The van der Waals surface area contributed by atoms with Crippen LogP contribution in [0.4, 0.5) is 0 Å². The maximum absolute atomic E-state index is 11.2. The fourth-order valence-electron chi connectivity index (χ4n) is 2.46. The Hall–Kier alpha value is -1.97. The molecule has 1 aliphatic carbocycles. The number of aliphatic hydroxyl groups excluding tert-OH is 1. The summed E-state index contributed by atoms with van der Waals surface area (Å²) < 4.78 is 10.6. The van der Waals surface area contributed by atoms with Gasteiger partial charge in [-0.05, 0) is 31.0 Å². The first-order valence-electron chi connectivity index (χ1n) is 6.27. The van der Waals surface area contributed by atoms with Crippen LogP contribution in [0.3, 0.4) is 0 Å². The molecule has 1 atom stereocenters. The second kappa shape index (κ2) is 4.96. The normalized spacial score (nSPS) is 17.4. The van der Waals surface area contributed by atoms with Gasteiger partial charge in [-0.25, -0.2) is 0 Å². The van der Waals surface area contributed by atoms with Crippen LogP contribution in [0.1, 0.15) is 43.6 Å². The largest absolute Gasteiger partial charge is 0.507 e. The zero-order valence-electron chi connectivity index (χ0n) is 11.6. The Morgan fingerprint density at radius 2 is 2.11 bits per heavy atom. The van der Waals surface area contributed by atoms with Crippen LogP contribution in [0.25, 0.3) is 5.76 Å². The highest BCUT2D eigenvalue weighted by atomic mass is 16.5. The van der Waals surface area contributed by atoms with Gasteiger partial charge < -0.3 is 14.6 Å². The SMILES string of the molecule is CCc1cc(OC)cc2c1C(O)=C(C)C2OC(C)=O. The Morgan fingerprint density at radius 1 is 1.42 bits per heavy atom. The van der Waals surface area contributed by atoms with Crippen LogP contribution in [0.15, 0.2) is 17.7 Å². The molecule has 0 saturated heterocycles. The van der Waals surface area contributed by atoms with Crippen molar-refractivity contribution in [3.05, 3.63) is 34.4 Å². The minimum Gasteiger partial charge on any atom is -0.507 e. The van der Waals surface area contributed by atoms with E-state index in [0.29, 0.717) is 11.3 Å². The molecule has 0 amide bonds. The first-order chi connectivity index (χ1) is 8.99. The number of rotatable bonds is 3. The molecule has 102 valence electrons. The molecule has 0 spiro atoms. The molecule has 4 heteroatoms. The zero-order valence-corrected chi connectivity index (χ0v) is 11.6. The van der Waals surface area contributed by atoms with E-state index in [1.165, 1.54) is 6.92 Å². The van der Waals surface area contributed by atoms with E-state index < -0.39 is 6.10 Å². The van der Waals surface area contributed by atoms with Crippen molar-refractivity contribution < 1.29 is 19.4 Å². The van der Waals surface area contributed by atoms with E-state index >= 15 is 0 Å². The van der Waals surface area contributed by atoms with Crippen LogP contribution in [-0.4, -0.2) is 18.2 Å². The van der Waals surface area contributed by atoms with Gasteiger partial charge in [-0.1, -0.05) is 6.92 Å². The number of hydrogen-bond acceptors (Lipinski definition) is 4. The molecule has 1 aromatic rings. The van der Waals surface area contributed by atoms with Crippen LogP contribution in [-0.2, 0) is 16.0 Å². The third-order valence-electron chi connectivity index (χ3n) is 3.41. The molecule has 1 N–H and O–H groups in total. The first-order valence-corrected chi connectivity index (χ1v) is 6.27. The van der Waals surface area contributed by atoms with Crippen LogP contribution in [0.2, 0.25) is 0 Å². The van der Waals surface area contributed by atoms with Gasteiger partial charge in [0.1, 0.15) is 11.5 Å². The fourth-order valence-corrected chi connectivity index (χ4v) is 2.46. The van der Waals surface area contributed by atoms with Gasteiger partial charge in [0.15, 0.2) is 6.10 Å². The third-order valence-corrected chi connectivity index (χ3v) is 3.41. The van der Waals surface area contributed by atoms with Crippen molar-refractivity contribution in [2.45, 2.75) is 33.3 Å². The smallest absolute Gasteiger partial charge is 0.303 e. The van der Waals surface area contributed by atoms with Crippen LogP contribution >= 0.6 is 0 Å². The fraction of sp³-hybridized carbons (Fsp3) is 0.400. The predicted molar refractivity (Wildman–Crippen MR) is 72.1 cm³/mol. The molecule has 0 aliphatic heterocycles. The Kier molecular flexibility index (Phi) is 3.51. The van der Waals surface area contributed by atoms with Crippen molar-refractivity contribution in [2.75, 3.05) is 7.11 Å². The summed E-state index contributed by atoms with van der Waals surface area (Å²) in [5.74, 6) is 0.543. The van der Waals surface area contributed by atoms with E-state index in [1.807, 2.05) is 19.1 Å². The molecular formula is C15H18O4. The number of carbonyl (C=O) groups excluding carboxylic acids is 1. The highest BCUT2D eigenvalue weighted by Gasteiger charge is 2.33. The summed E-state index contributed by atoms with van der Waals surface area (Å²) in [7, 11) is 1.59. The standard InChI is InChI=1S/C15H18O4/c1-5-10-6-11(18-4)7-12-13(10)14(17)8(2)15(12)19-9(3)16/h6-7,15,17H,5H2,1-4H3. The Balaban J connectivity index is 2.60. The molecule has 2 rings (SSSR count). The van der Waals surface area contributed by atoms with Crippen molar-refractivity contribution in [3.63, 3.8) is 0 Å². The van der Waals surface area contributed by atoms with Gasteiger partial charge in [0.05, 0.1) is 7.11 Å². The number of methoxy groups -OCH3 is 1. The van der Waals surface area contributed by atoms with Crippen molar-refractivity contribution in [3.8, 4) is 5.75 Å². The van der Waals surface area contributed by atoms with E-state index in [9.17, 15) is 9.90 Å². The topological polar surface area (TPSA) is 55.8 Å². The molecule has 1 aliphatic rings. The number of benzene rings is 1. The lowest BCUT2D eigenvalue weighted by Crippen LogP contribution is -2.08. The quantitative estimate of drug-likeness (QED) is 0.850. The Bertz CT molecular complexity index is 558. The lowest BCUT2D eigenvalue weighted by atomic mass is 9.99. The number of carbonyl (C=O) groups is 1.